The van der Waals surface area contributed by atoms with E-state index >= 15 is 0 Å². The normalized spacial score (nSPS) is 18.3. The Kier molecular flexibility index (Phi) is 1.68. The van der Waals surface area contributed by atoms with Crippen molar-refractivity contribution >= 4 is 10.9 Å². The topological polar surface area (TPSA) is 48.9 Å². The third-order valence-corrected chi connectivity index (χ3v) is 3.19. The van der Waals surface area contributed by atoms with Crippen LogP contribution in [-0.4, -0.2) is 20.9 Å². The molecule has 2 aromatic rings. The van der Waals surface area contributed by atoms with Crippen molar-refractivity contribution in [1.82, 2.24) is 10.2 Å². The third-order valence-electron chi connectivity index (χ3n) is 3.19. The van der Waals surface area contributed by atoms with Crippen LogP contribution in [0.4, 0.5) is 0 Å². The number of hydrogen-bond donors (Lipinski definition) is 2. The Balaban J connectivity index is 2.12. The summed E-state index contributed by atoms with van der Waals surface area (Å²) in [6, 6.07) is 6.09. The molecule has 1 heterocycles. The molecule has 1 saturated carbocycles. The molecular weight excluding hydrogens is 188 g/mol. The minimum atomic E-state index is -0.433. The lowest BCUT2D eigenvalue weighted by atomic mass is 10.0. The molecule has 3 nitrogen and oxygen atoms in total. The maximum atomic E-state index is 9.94. The molecule has 0 spiro atoms. The van der Waals surface area contributed by atoms with Crippen LogP contribution in [-0.2, 0) is 6.42 Å². The molecular formula is C12H14N2O. The number of aryl methyl sites for hydroxylation is 1. The lowest BCUT2D eigenvalue weighted by Gasteiger charge is -2.08. The van der Waals surface area contributed by atoms with E-state index in [1.54, 1.807) is 0 Å². The van der Waals surface area contributed by atoms with Gasteiger partial charge in [-0.2, -0.15) is 5.10 Å². The molecule has 1 fully saturated rings. The van der Waals surface area contributed by atoms with E-state index in [9.17, 15) is 5.11 Å². The first-order valence-electron chi connectivity index (χ1n) is 5.33. The maximum absolute atomic E-state index is 9.94. The number of nitrogens with one attached hydrogen (secondary N) is 1. The Bertz CT molecular complexity index is 511. The zero-order valence-electron chi connectivity index (χ0n) is 8.75. The van der Waals surface area contributed by atoms with Crippen LogP contribution >= 0.6 is 0 Å². The lowest BCUT2D eigenvalue weighted by molar-refractivity contribution is 0.151. The van der Waals surface area contributed by atoms with Gasteiger partial charge in [0.2, 0.25) is 0 Å². The highest BCUT2D eigenvalue weighted by Gasteiger charge is 2.40. The van der Waals surface area contributed by atoms with Gasteiger partial charge in [-0.3, -0.25) is 5.10 Å². The highest BCUT2D eigenvalue weighted by atomic mass is 16.3. The van der Waals surface area contributed by atoms with E-state index in [1.165, 1.54) is 10.9 Å². The zero-order valence-corrected chi connectivity index (χ0v) is 8.75. The monoisotopic (exact) mass is 202 g/mol. The van der Waals surface area contributed by atoms with Crippen molar-refractivity contribution in [2.45, 2.75) is 31.8 Å². The molecule has 0 unspecified atom stereocenters. The highest BCUT2D eigenvalue weighted by Crippen LogP contribution is 2.39. The number of aliphatic hydroxyl groups is 1. The average molecular weight is 202 g/mol. The van der Waals surface area contributed by atoms with E-state index in [2.05, 4.69) is 16.3 Å². The van der Waals surface area contributed by atoms with E-state index in [0.717, 1.165) is 30.5 Å². The minimum Gasteiger partial charge on any atom is -0.390 e. The van der Waals surface area contributed by atoms with E-state index < -0.39 is 5.60 Å². The van der Waals surface area contributed by atoms with Crippen LogP contribution in [0.3, 0.4) is 0 Å². The summed E-state index contributed by atoms with van der Waals surface area (Å²) in [6.07, 6.45) is 2.62. The maximum Gasteiger partial charge on any atom is 0.0926 e. The van der Waals surface area contributed by atoms with Crippen molar-refractivity contribution < 1.29 is 5.11 Å². The number of nitrogens with zero attached hydrogens (tertiary/aromatic N) is 1. The molecule has 78 valence electrons. The molecule has 1 aliphatic carbocycles. The van der Waals surface area contributed by atoms with Gasteiger partial charge in [-0.1, -0.05) is 12.1 Å². The summed E-state index contributed by atoms with van der Waals surface area (Å²) < 4.78 is 0. The summed E-state index contributed by atoms with van der Waals surface area (Å²) in [4.78, 5) is 0. The molecule has 1 aliphatic rings. The summed E-state index contributed by atoms with van der Waals surface area (Å²) in [6.45, 7) is 2.02. The van der Waals surface area contributed by atoms with E-state index in [1.807, 2.05) is 19.1 Å². The number of H-pyrrole nitrogens is 1. The van der Waals surface area contributed by atoms with Gasteiger partial charge >= 0.3 is 0 Å². The van der Waals surface area contributed by atoms with Crippen molar-refractivity contribution in [3.8, 4) is 0 Å². The molecule has 0 atom stereocenters. The van der Waals surface area contributed by atoms with Gasteiger partial charge in [0.25, 0.3) is 0 Å². The Morgan fingerprint density at radius 2 is 2.27 bits per heavy atom. The van der Waals surface area contributed by atoms with Gasteiger partial charge < -0.3 is 5.11 Å². The van der Waals surface area contributed by atoms with Crippen molar-refractivity contribution in [1.29, 1.82) is 0 Å². The quantitative estimate of drug-likeness (QED) is 0.781. The van der Waals surface area contributed by atoms with Crippen LogP contribution in [0.15, 0.2) is 18.2 Å². The first-order chi connectivity index (χ1) is 7.18. The Labute approximate surface area is 88.1 Å². The fourth-order valence-electron chi connectivity index (χ4n) is 2.14. The Hall–Kier alpha value is -1.35. The zero-order chi connectivity index (χ0) is 10.5. The first-order valence-corrected chi connectivity index (χ1v) is 5.33. The van der Waals surface area contributed by atoms with Gasteiger partial charge in [-0.05, 0) is 31.4 Å². The summed E-state index contributed by atoms with van der Waals surface area (Å²) >= 11 is 0. The van der Waals surface area contributed by atoms with Crippen LogP contribution < -0.4 is 0 Å². The molecule has 0 aliphatic heterocycles. The molecule has 2 N–H and O–H groups in total. The number of aromatic amines is 1. The van der Waals surface area contributed by atoms with Gasteiger partial charge in [0.1, 0.15) is 0 Å². The standard InChI is InChI=1S/C12H14N2O/c1-8-11-9(7-12(15)5-6-12)3-2-4-10(11)14-13-8/h2-4,15H,5-7H2,1H3,(H,13,14). The predicted octanol–water partition coefficient (Wildman–Crippen LogP) is 1.94. The SMILES string of the molecule is Cc1[nH]nc2cccc(CC3(O)CC3)c12. The van der Waals surface area contributed by atoms with Gasteiger partial charge in [0.15, 0.2) is 0 Å². The molecule has 3 rings (SSSR count). The van der Waals surface area contributed by atoms with Crippen molar-refractivity contribution in [2.75, 3.05) is 0 Å². The van der Waals surface area contributed by atoms with Gasteiger partial charge in [0.05, 0.1) is 11.1 Å². The van der Waals surface area contributed by atoms with Crippen LogP contribution in [0.1, 0.15) is 24.1 Å². The van der Waals surface area contributed by atoms with Gasteiger partial charge in [-0.15, -0.1) is 0 Å². The molecule has 0 radical (unpaired) electrons. The van der Waals surface area contributed by atoms with Crippen LogP contribution in [0.2, 0.25) is 0 Å². The van der Waals surface area contributed by atoms with Gasteiger partial charge in [0, 0.05) is 17.5 Å². The number of aromatic nitrogens is 2. The molecule has 3 heteroatoms. The van der Waals surface area contributed by atoms with E-state index in [-0.39, 0.29) is 0 Å². The van der Waals surface area contributed by atoms with E-state index in [0.29, 0.717) is 0 Å². The first kappa shape index (κ1) is 8.92. The number of hydrogen-bond acceptors (Lipinski definition) is 2. The van der Waals surface area contributed by atoms with Crippen LogP contribution in [0.5, 0.6) is 0 Å². The summed E-state index contributed by atoms with van der Waals surface area (Å²) in [5.74, 6) is 0. The predicted molar refractivity (Wildman–Crippen MR) is 58.7 cm³/mol. The third kappa shape index (κ3) is 1.43. The van der Waals surface area contributed by atoms with Crippen molar-refractivity contribution in [3.05, 3.63) is 29.5 Å². The summed E-state index contributed by atoms with van der Waals surface area (Å²) in [7, 11) is 0. The molecule has 1 aromatic carbocycles. The smallest absolute Gasteiger partial charge is 0.0926 e. The second kappa shape index (κ2) is 2.83. The Morgan fingerprint density at radius 1 is 1.47 bits per heavy atom. The molecule has 1 aromatic heterocycles. The number of benzene rings is 1. The molecule has 0 saturated heterocycles. The lowest BCUT2D eigenvalue weighted by Crippen LogP contribution is -2.10. The fourth-order valence-corrected chi connectivity index (χ4v) is 2.14. The second-order valence-corrected chi connectivity index (χ2v) is 4.56. The highest BCUT2D eigenvalue weighted by molar-refractivity contribution is 5.84. The largest absolute Gasteiger partial charge is 0.390 e. The van der Waals surface area contributed by atoms with Crippen LogP contribution in [0.25, 0.3) is 10.9 Å². The minimum absolute atomic E-state index is 0.433. The average Bonchev–Trinajstić information content (AvgIpc) is 2.80. The fraction of sp³-hybridized carbons (Fsp3) is 0.417. The summed E-state index contributed by atoms with van der Waals surface area (Å²) in [5.41, 5.74) is 2.86. The number of fused-ring (bicyclic) bond motifs is 1. The molecule has 0 amide bonds. The van der Waals surface area contributed by atoms with Gasteiger partial charge in [-0.25, -0.2) is 0 Å². The molecule has 0 bridgehead atoms. The van der Waals surface area contributed by atoms with E-state index in [4.69, 9.17) is 0 Å². The second-order valence-electron chi connectivity index (χ2n) is 4.56. The van der Waals surface area contributed by atoms with Crippen molar-refractivity contribution in [2.24, 2.45) is 0 Å². The summed E-state index contributed by atoms with van der Waals surface area (Å²) in [5, 5.41) is 18.3. The number of rotatable bonds is 2. The van der Waals surface area contributed by atoms with Crippen molar-refractivity contribution in [3.63, 3.8) is 0 Å². The van der Waals surface area contributed by atoms with Crippen LogP contribution in [0, 0.1) is 6.92 Å². The Morgan fingerprint density at radius 3 is 3.00 bits per heavy atom. The molecule has 15 heavy (non-hydrogen) atoms.